The highest BCUT2D eigenvalue weighted by Gasteiger charge is 2.21. The van der Waals surface area contributed by atoms with Crippen LogP contribution in [0.1, 0.15) is 43.1 Å². The molecule has 0 heterocycles. The van der Waals surface area contributed by atoms with Crippen molar-refractivity contribution in [1.29, 1.82) is 0 Å². The van der Waals surface area contributed by atoms with E-state index in [-0.39, 0.29) is 5.78 Å². The molecule has 70 valence electrons. The van der Waals surface area contributed by atoms with Crippen LogP contribution in [0.3, 0.4) is 0 Å². The maximum Gasteiger partial charge on any atom is 0.163 e. The number of hydrogen-bond donors (Lipinski definition) is 0. The lowest BCUT2D eigenvalue weighted by Crippen LogP contribution is -1.97. The van der Waals surface area contributed by atoms with Crippen LogP contribution in [0.25, 0.3) is 0 Å². The van der Waals surface area contributed by atoms with Crippen LogP contribution in [0.15, 0.2) is 12.1 Å². The molecule has 0 spiro atoms. The molecule has 2 rings (SSSR count). The Hall–Kier alpha value is -1.77. The molecule has 0 fully saturated rings. The van der Waals surface area contributed by atoms with E-state index in [0.29, 0.717) is 42.1 Å². The second kappa shape index (κ2) is 3.18. The summed E-state index contributed by atoms with van der Waals surface area (Å²) in [5.41, 5.74) is 2.14. The number of aldehydes is 2. The van der Waals surface area contributed by atoms with E-state index in [1.807, 2.05) is 0 Å². The summed E-state index contributed by atoms with van der Waals surface area (Å²) in [4.78, 5) is 32.6. The summed E-state index contributed by atoms with van der Waals surface area (Å²) in [6.45, 7) is 0. The van der Waals surface area contributed by atoms with Gasteiger partial charge in [-0.2, -0.15) is 0 Å². The third-order valence-electron chi connectivity index (χ3n) is 2.48. The standard InChI is InChI=1S/C11H8O3/c12-5-8-3-7-1-2-11(14)10(7)4-9(8)6-13/h3-6H,1-2H2. The van der Waals surface area contributed by atoms with Gasteiger partial charge in [-0.15, -0.1) is 0 Å². The number of carbonyl (C=O) groups is 3. The first-order valence-electron chi connectivity index (χ1n) is 4.36. The number of carbonyl (C=O) groups excluding carboxylic acids is 3. The van der Waals surface area contributed by atoms with E-state index in [1.165, 1.54) is 6.07 Å². The predicted molar refractivity (Wildman–Crippen MR) is 49.9 cm³/mol. The first-order valence-corrected chi connectivity index (χ1v) is 4.36. The SMILES string of the molecule is O=Cc1cc2c(cc1C=O)C(=O)CC2. The van der Waals surface area contributed by atoms with Gasteiger partial charge in [-0.25, -0.2) is 0 Å². The fourth-order valence-corrected chi connectivity index (χ4v) is 1.73. The van der Waals surface area contributed by atoms with Gasteiger partial charge in [-0.05, 0) is 24.1 Å². The largest absolute Gasteiger partial charge is 0.298 e. The smallest absolute Gasteiger partial charge is 0.163 e. The summed E-state index contributed by atoms with van der Waals surface area (Å²) in [6.07, 6.45) is 2.41. The lowest BCUT2D eigenvalue weighted by atomic mass is 10.0. The number of aryl methyl sites for hydroxylation is 1. The first-order chi connectivity index (χ1) is 6.76. The summed E-state index contributed by atoms with van der Waals surface area (Å²) in [7, 11) is 0. The number of rotatable bonds is 2. The summed E-state index contributed by atoms with van der Waals surface area (Å²) in [5.74, 6) is 0.0561. The maximum absolute atomic E-state index is 11.3. The monoisotopic (exact) mass is 188 g/mol. The molecule has 0 aliphatic heterocycles. The number of fused-ring (bicyclic) bond motifs is 1. The fourth-order valence-electron chi connectivity index (χ4n) is 1.73. The molecule has 0 saturated heterocycles. The molecule has 0 N–H and O–H groups in total. The highest BCUT2D eigenvalue weighted by molar-refractivity contribution is 6.03. The Kier molecular flexibility index (Phi) is 2.00. The van der Waals surface area contributed by atoms with Crippen molar-refractivity contribution in [1.82, 2.24) is 0 Å². The van der Waals surface area contributed by atoms with Crippen molar-refractivity contribution in [2.45, 2.75) is 12.8 Å². The second-order valence-corrected chi connectivity index (χ2v) is 3.30. The lowest BCUT2D eigenvalue weighted by molar-refractivity contribution is 0.0994. The molecule has 1 aromatic carbocycles. The highest BCUT2D eigenvalue weighted by Crippen LogP contribution is 2.24. The van der Waals surface area contributed by atoms with Gasteiger partial charge in [0.25, 0.3) is 0 Å². The lowest BCUT2D eigenvalue weighted by Gasteiger charge is -2.01. The van der Waals surface area contributed by atoms with Crippen LogP contribution < -0.4 is 0 Å². The van der Waals surface area contributed by atoms with Gasteiger partial charge in [-0.1, -0.05) is 0 Å². The number of Topliss-reactive ketones (excluding diaryl/α,β-unsaturated/α-hetero) is 1. The summed E-state index contributed by atoms with van der Waals surface area (Å²) in [6, 6.07) is 3.15. The quantitative estimate of drug-likeness (QED) is 0.660. The summed E-state index contributed by atoms with van der Waals surface area (Å²) >= 11 is 0. The van der Waals surface area contributed by atoms with E-state index in [4.69, 9.17) is 0 Å². The molecule has 1 aliphatic rings. The fraction of sp³-hybridized carbons (Fsp3) is 0.182. The van der Waals surface area contributed by atoms with Crippen molar-refractivity contribution in [3.05, 3.63) is 34.4 Å². The minimum Gasteiger partial charge on any atom is -0.298 e. The molecule has 0 atom stereocenters. The van der Waals surface area contributed by atoms with Gasteiger partial charge < -0.3 is 0 Å². The molecule has 0 bridgehead atoms. The number of ketones is 1. The minimum absolute atomic E-state index is 0.0561. The molecule has 3 nitrogen and oxygen atoms in total. The van der Waals surface area contributed by atoms with Gasteiger partial charge in [0.15, 0.2) is 18.4 Å². The molecule has 0 unspecified atom stereocenters. The van der Waals surface area contributed by atoms with Crippen LogP contribution in [0.2, 0.25) is 0 Å². The van der Waals surface area contributed by atoms with Crippen LogP contribution in [0, 0.1) is 0 Å². The van der Waals surface area contributed by atoms with E-state index in [1.54, 1.807) is 6.07 Å². The highest BCUT2D eigenvalue weighted by atomic mass is 16.1. The third kappa shape index (κ3) is 1.18. The van der Waals surface area contributed by atoms with E-state index in [0.717, 1.165) is 5.56 Å². The van der Waals surface area contributed by atoms with Crippen LogP contribution >= 0.6 is 0 Å². The van der Waals surface area contributed by atoms with Crippen molar-refractivity contribution in [3.8, 4) is 0 Å². The average molecular weight is 188 g/mol. The van der Waals surface area contributed by atoms with Gasteiger partial charge in [0.05, 0.1) is 0 Å². The second-order valence-electron chi connectivity index (χ2n) is 3.30. The Labute approximate surface area is 80.7 Å². The first kappa shape index (κ1) is 8.81. The average Bonchev–Trinajstić information content (AvgIpc) is 2.58. The molecule has 0 saturated carbocycles. The van der Waals surface area contributed by atoms with Gasteiger partial charge >= 0.3 is 0 Å². The normalized spacial score (nSPS) is 13.9. The molecule has 0 amide bonds. The Morgan fingerprint density at radius 2 is 1.64 bits per heavy atom. The summed E-state index contributed by atoms with van der Waals surface area (Å²) < 4.78 is 0. The summed E-state index contributed by atoms with van der Waals surface area (Å²) in [5, 5.41) is 0. The van der Waals surface area contributed by atoms with E-state index >= 15 is 0 Å². The Morgan fingerprint density at radius 1 is 1.00 bits per heavy atom. The van der Waals surface area contributed by atoms with Crippen molar-refractivity contribution < 1.29 is 14.4 Å². The maximum atomic E-state index is 11.3. The van der Waals surface area contributed by atoms with Crippen LogP contribution in [-0.2, 0) is 6.42 Å². The van der Waals surface area contributed by atoms with Crippen LogP contribution in [-0.4, -0.2) is 18.4 Å². The van der Waals surface area contributed by atoms with Gasteiger partial charge in [0.2, 0.25) is 0 Å². The zero-order valence-corrected chi connectivity index (χ0v) is 7.45. The van der Waals surface area contributed by atoms with Crippen molar-refractivity contribution in [2.24, 2.45) is 0 Å². The zero-order chi connectivity index (χ0) is 10.1. The van der Waals surface area contributed by atoms with Gasteiger partial charge in [-0.3, -0.25) is 14.4 Å². The van der Waals surface area contributed by atoms with Crippen molar-refractivity contribution in [2.75, 3.05) is 0 Å². The van der Waals surface area contributed by atoms with Gasteiger partial charge in [0, 0.05) is 23.1 Å². The molecule has 1 aromatic rings. The molecule has 3 heteroatoms. The van der Waals surface area contributed by atoms with Gasteiger partial charge in [0.1, 0.15) is 0 Å². The van der Waals surface area contributed by atoms with Crippen molar-refractivity contribution in [3.63, 3.8) is 0 Å². The van der Waals surface area contributed by atoms with Crippen LogP contribution in [0.4, 0.5) is 0 Å². The molecule has 0 aromatic heterocycles. The Morgan fingerprint density at radius 3 is 2.29 bits per heavy atom. The molecular weight excluding hydrogens is 180 g/mol. The molecule has 0 radical (unpaired) electrons. The minimum atomic E-state index is 0.0561. The van der Waals surface area contributed by atoms with E-state index in [2.05, 4.69) is 0 Å². The van der Waals surface area contributed by atoms with Crippen molar-refractivity contribution >= 4 is 18.4 Å². The molecular formula is C11H8O3. The predicted octanol–water partition coefficient (Wildman–Crippen LogP) is 1.44. The Balaban J connectivity index is 2.65. The zero-order valence-electron chi connectivity index (χ0n) is 7.45. The topological polar surface area (TPSA) is 51.2 Å². The Bertz CT molecular complexity index is 432. The molecule has 1 aliphatic carbocycles. The third-order valence-corrected chi connectivity index (χ3v) is 2.48. The molecule has 14 heavy (non-hydrogen) atoms. The van der Waals surface area contributed by atoms with E-state index in [9.17, 15) is 14.4 Å². The number of benzene rings is 1. The van der Waals surface area contributed by atoms with E-state index < -0.39 is 0 Å². The number of hydrogen-bond acceptors (Lipinski definition) is 3. The van der Waals surface area contributed by atoms with Crippen LogP contribution in [0.5, 0.6) is 0 Å².